The van der Waals surface area contributed by atoms with E-state index in [1.54, 1.807) is 7.11 Å². The molecule has 0 aliphatic heterocycles. The molecule has 0 saturated heterocycles. The van der Waals surface area contributed by atoms with Crippen molar-refractivity contribution in [1.82, 2.24) is 10.3 Å². The number of hydrogen-bond donors (Lipinski definition) is 2. The molecule has 72 valence electrons. The van der Waals surface area contributed by atoms with E-state index in [-0.39, 0.29) is 11.9 Å². The minimum Gasteiger partial charge on any atom is -0.383 e. The van der Waals surface area contributed by atoms with Gasteiger partial charge in [0.1, 0.15) is 0 Å². The van der Waals surface area contributed by atoms with Crippen molar-refractivity contribution in [1.29, 1.82) is 0 Å². The van der Waals surface area contributed by atoms with Gasteiger partial charge in [-0.3, -0.25) is 15.1 Å². The Bertz CT molecular complexity index is 141. The van der Waals surface area contributed by atoms with Crippen LogP contribution in [0.15, 0.2) is 0 Å². The Kier molecular flexibility index (Phi) is 5.61. The Labute approximate surface area is 72.8 Å². The van der Waals surface area contributed by atoms with E-state index < -0.39 is 0 Å². The van der Waals surface area contributed by atoms with Crippen LogP contribution in [-0.4, -0.2) is 44.2 Å². The highest BCUT2D eigenvalue weighted by Crippen LogP contribution is 1.94. The van der Waals surface area contributed by atoms with Gasteiger partial charge in [-0.15, -0.1) is 0 Å². The van der Waals surface area contributed by atoms with Crippen LogP contribution in [-0.2, 0) is 9.53 Å². The Balaban J connectivity index is 3.69. The van der Waals surface area contributed by atoms with E-state index in [4.69, 9.17) is 10.6 Å². The summed E-state index contributed by atoms with van der Waals surface area (Å²) in [5.41, 5.74) is 2.07. The van der Waals surface area contributed by atoms with E-state index in [1.165, 1.54) is 0 Å². The van der Waals surface area contributed by atoms with Crippen molar-refractivity contribution in [3.8, 4) is 0 Å². The number of nitrogens with two attached hydrogens (primary N) is 1. The van der Waals surface area contributed by atoms with Crippen molar-refractivity contribution in [2.24, 2.45) is 5.84 Å². The monoisotopic (exact) mass is 175 g/mol. The maximum absolute atomic E-state index is 10.8. The number of rotatable bonds is 5. The van der Waals surface area contributed by atoms with Crippen LogP contribution in [0.5, 0.6) is 0 Å². The molecule has 0 radical (unpaired) electrons. The van der Waals surface area contributed by atoms with Crippen LogP contribution in [0.1, 0.15) is 6.92 Å². The average Bonchev–Trinajstić information content (AvgIpc) is 2.04. The lowest BCUT2D eigenvalue weighted by atomic mass is 10.3. The van der Waals surface area contributed by atoms with Crippen LogP contribution in [0.2, 0.25) is 0 Å². The Morgan fingerprint density at radius 3 is 2.75 bits per heavy atom. The summed E-state index contributed by atoms with van der Waals surface area (Å²) in [6, 6.07) is 0.215. The summed E-state index contributed by atoms with van der Waals surface area (Å²) in [4.78, 5) is 12.7. The van der Waals surface area contributed by atoms with E-state index >= 15 is 0 Å². The minimum atomic E-state index is -0.194. The summed E-state index contributed by atoms with van der Waals surface area (Å²) in [6.07, 6.45) is 0. The maximum atomic E-state index is 10.8. The number of nitrogens with one attached hydrogen (secondary N) is 1. The number of ether oxygens (including phenoxy) is 1. The van der Waals surface area contributed by atoms with Gasteiger partial charge in [-0.1, -0.05) is 0 Å². The van der Waals surface area contributed by atoms with Crippen LogP contribution in [0, 0.1) is 0 Å². The fraction of sp³-hybridized carbons (Fsp3) is 0.857. The van der Waals surface area contributed by atoms with Crippen molar-refractivity contribution in [3.05, 3.63) is 0 Å². The Hall–Kier alpha value is -0.650. The number of carbonyl (C=O) groups is 1. The molecule has 0 aliphatic carbocycles. The van der Waals surface area contributed by atoms with Crippen LogP contribution in [0.4, 0.5) is 0 Å². The van der Waals surface area contributed by atoms with Crippen molar-refractivity contribution in [2.75, 3.05) is 27.3 Å². The second kappa shape index (κ2) is 5.93. The van der Waals surface area contributed by atoms with Crippen LogP contribution in [0.25, 0.3) is 0 Å². The van der Waals surface area contributed by atoms with Gasteiger partial charge in [0.05, 0.1) is 13.2 Å². The van der Waals surface area contributed by atoms with E-state index in [2.05, 4.69) is 5.43 Å². The Morgan fingerprint density at radius 1 is 1.75 bits per heavy atom. The van der Waals surface area contributed by atoms with Gasteiger partial charge in [0.2, 0.25) is 5.91 Å². The summed E-state index contributed by atoms with van der Waals surface area (Å²) in [5.74, 6) is 4.74. The highest BCUT2D eigenvalue weighted by molar-refractivity contribution is 5.77. The number of hydrogen-bond acceptors (Lipinski definition) is 4. The standard InChI is InChI=1S/C7H17N3O2/c1-6(5-12-3)10(2)4-7(11)9-8/h6H,4-5,8H2,1-3H3,(H,9,11). The highest BCUT2D eigenvalue weighted by atomic mass is 16.5. The molecular weight excluding hydrogens is 158 g/mol. The number of likely N-dealkylation sites (N-methyl/N-ethyl adjacent to an activating group) is 1. The molecule has 3 N–H and O–H groups in total. The van der Waals surface area contributed by atoms with Gasteiger partial charge in [-0.25, -0.2) is 5.84 Å². The van der Waals surface area contributed by atoms with E-state index in [0.717, 1.165) is 0 Å². The molecule has 0 heterocycles. The quantitative estimate of drug-likeness (QED) is 0.317. The van der Waals surface area contributed by atoms with Gasteiger partial charge >= 0.3 is 0 Å². The minimum absolute atomic E-state index is 0.194. The first-order valence-electron chi connectivity index (χ1n) is 3.80. The van der Waals surface area contributed by atoms with E-state index in [9.17, 15) is 4.79 Å². The van der Waals surface area contributed by atoms with Crippen LogP contribution >= 0.6 is 0 Å². The smallest absolute Gasteiger partial charge is 0.248 e. The zero-order valence-corrected chi connectivity index (χ0v) is 7.83. The molecule has 12 heavy (non-hydrogen) atoms. The average molecular weight is 175 g/mol. The third-order valence-corrected chi connectivity index (χ3v) is 1.71. The van der Waals surface area contributed by atoms with Crippen molar-refractivity contribution in [3.63, 3.8) is 0 Å². The lowest BCUT2D eigenvalue weighted by molar-refractivity contribution is -0.122. The molecular formula is C7H17N3O2. The zero-order chi connectivity index (χ0) is 9.56. The summed E-state index contributed by atoms with van der Waals surface area (Å²) in [6.45, 7) is 2.88. The van der Waals surface area contributed by atoms with Crippen molar-refractivity contribution in [2.45, 2.75) is 13.0 Å². The normalized spacial score (nSPS) is 13.1. The Morgan fingerprint density at radius 2 is 2.33 bits per heavy atom. The molecule has 5 nitrogen and oxygen atoms in total. The summed E-state index contributed by atoms with van der Waals surface area (Å²) in [7, 11) is 3.48. The molecule has 1 amide bonds. The third-order valence-electron chi connectivity index (χ3n) is 1.71. The molecule has 0 fully saturated rings. The van der Waals surface area contributed by atoms with Crippen molar-refractivity contribution < 1.29 is 9.53 Å². The molecule has 0 aliphatic rings. The van der Waals surface area contributed by atoms with Gasteiger partial charge < -0.3 is 4.74 Å². The van der Waals surface area contributed by atoms with Crippen LogP contribution < -0.4 is 11.3 Å². The molecule has 0 rings (SSSR count). The van der Waals surface area contributed by atoms with Crippen molar-refractivity contribution >= 4 is 5.91 Å². The van der Waals surface area contributed by atoms with E-state index in [1.807, 2.05) is 18.9 Å². The summed E-state index contributed by atoms with van der Waals surface area (Å²) >= 11 is 0. The molecule has 5 heteroatoms. The van der Waals surface area contributed by atoms with Crippen LogP contribution in [0.3, 0.4) is 0 Å². The lowest BCUT2D eigenvalue weighted by Crippen LogP contribution is -2.43. The van der Waals surface area contributed by atoms with Gasteiger partial charge in [0, 0.05) is 13.2 Å². The number of amides is 1. The molecule has 0 aromatic carbocycles. The van der Waals surface area contributed by atoms with E-state index in [0.29, 0.717) is 13.2 Å². The second-order valence-electron chi connectivity index (χ2n) is 2.79. The second-order valence-corrected chi connectivity index (χ2v) is 2.79. The summed E-state index contributed by atoms with van der Waals surface area (Å²) < 4.78 is 4.94. The first kappa shape index (κ1) is 11.4. The predicted molar refractivity (Wildman–Crippen MR) is 46.3 cm³/mol. The van der Waals surface area contributed by atoms with Gasteiger partial charge in [-0.05, 0) is 14.0 Å². The fourth-order valence-electron chi connectivity index (χ4n) is 0.796. The maximum Gasteiger partial charge on any atom is 0.248 e. The third kappa shape index (κ3) is 4.27. The fourth-order valence-corrected chi connectivity index (χ4v) is 0.796. The lowest BCUT2D eigenvalue weighted by Gasteiger charge is -2.22. The van der Waals surface area contributed by atoms with Gasteiger partial charge in [0.25, 0.3) is 0 Å². The number of carbonyl (C=O) groups excluding carboxylic acids is 1. The number of methoxy groups -OCH3 is 1. The molecule has 0 saturated carbocycles. The zero-order valence-electron chi connectivity index (χ0n) is 7.83. The molecule has 0 aromatic heterocycles. The molecule has 0 spiro atoms. The molecule has 0 bridgehead atoms. The van der Waals surface area contributed by atoms with Gasteiger partial charge in [-0.2, -0.15) is 0 Å². The molecule has 0 aromatic rings. The predicted octanol–water partition coefficient (Wildman–Crippen LogP) is -1.06. The van der Waals surface area contributed by atoms with Gasteiger partial charge in [0.15, 0.2) is 0 Å². The largest absolute Gasteiger partial charge is 0.383 e. The summed E-state index contributed by atoms with van der Waals surface area (Å²) in [5, 5.41) is 0. The number of hydrazine groups is 1. The topological polar surface area (TPSA) is 67.6 Å². The highest BCUT2D eigenvalue weighted by Gasteiger charge is 2.11. The first-order valence-corrected chi connectivity index (χ1v) is 3.80. The molecule has 1 unspecified atom stereocenters. The number of nitrogens with zero attached hydrogens (tertiary/aromatic N) is 1. The SMILES string of the molecule is COCC(C)N(C)CC(=O)NN. The first-order chi connectivity index (χ1) is 5.61. The molecule has 1 atom stereocenters.